The van der Waals surface area contributed by atoms with E-state index in [9.17, 15) is 4.79 Å². The summed E-state index contributed by atoms with van der Waals surface area (Å²) in [5, 5.41) is 5.28. The lowest BCUT2D eigenvalue weighted by Gasteiger charge is -2.45. The predicted octanol–water partition coefficient (Wildman–Crippen LogP) is 5.29. The molecule has 0 heterocycles. The Morgan fingerprint density at radius 2 is 1.40 bits per heavy atom. The van der Waals surface area contributed by atoms with Crippen LogP contribution in [0.15, 0.2) is 85.1 Å². The lowest BCUT2D eigenvalue weighted by molar-refractivity contribution is -0.123. The average Bonchev–Trinajstić information content (AvgIpc) is 2.82. The first kappa shape index (κ1) is 28.8. The largest absolute Gasteiger partial charge is 0.404 e. The zero-order valence-corrected chi connectivity index (χ0v) is 23.5. The Kier molecular flexibility index (Phi) is 10.3. The van der Waals surface area contributed by atoms with E-state index in [0.717, 1.165) is 6.42 Å². The number of carbonyl (C=O) groups is 1. The zero-order valence-electron chi connectivity index (χ0n) is 22.5. The van der Waals surface area contributed by atoms with Crippen molar-refractivity contribution >= 4 is 24.6 Å². The molecule has 5 heteroatoms. The Morgan fingerprint density at radius 1 is 0.914 bits per heavy atom. The fourth-order valence-corrected chi connectivity index (χ4v) is 8.97. The standard InChI is InChI=1S/C30H44N2O2Si/c1-8-9-17-24(18-16-23-32-28(33)27(31)29(2,3)4)34-35(30(5,6)7,25-19-12-10-13-20-25)26-21-14-11-15-22-26/h8-16,19-24,27H,17-18,31H2,1-7H3,(H,32,33)/b9-8-,23-16-/t24-,27-/m1/s1. The second kappa shape index (κ2) is 12.5. The molecule has 0 aliphatic carbocycles. The molecular weight excluding hydrogens is 448 g/mol. The van der Waals surface area contributed by atoms with Gasteiger partial charge in [-0.25, -0.2) is 0 Å². The Morgan fingerprint density at radius 3 is 1.83 bits per heavy atom. The summed E-state index contributed by atoms with van der Waals surface area (Å²) in [5.74, 6) is -0.174. The van der Waals surface area contributed by atoms with Gasteiger partial charge in [-0.05, 0) is 46.8 Å². The van der Waals surface area contributed by atoms with Crippen LogP contribution in [0.3, 0.4) is 0 Å². The molecule has 0 radical (unpaired) electrons. The van der Waals surface area contributed by atoms with Crippen molar-refractivity contribution in [3.8, 4) is 0 Å². The second-order valence-corrected chi connectivity index (χ2v) is 15.5. The van der Waals surface area contributed by atoms with Gasteiger partial charge in [0.1, 0.15) is 0 Å². The molecule has 0 saturated carbocycles. The number of amides is 1. The summed E-state index contributed by atoms with van der Waals surface area (Å²) in [6.07, 6.45) is 9.35. The maximum atomic E-state index is 12.4. The third-order valence-corrected chi connectivity index (χ3v) is 11.4. The summed E-state index contributed by atoms with van der Waals surface area (Å²) >= 11 is 0. The molecule has 190 valence electrons. The Balaban J connectivity index is 2.39. The van der Waals surface area contributed by atoms with Crippen molar-refractivity contribution in [3.05, 3.63) is 85.1 Å². The highest BCUT2D eigenvalue weighted by Crippen LogP contribution is 2.38. The summed E-state index contributed by atoms with van der Waals surface area (Å²) in [4.78, 5) is 12.4. The minimum Gasteiger partial charge on any atom is -0.404 e. The average molecular weight is 493 g/mol. The molecule has 0 bridgehead atoms. The van der Waals surface area contributed by atoms with E-state index in [1.54, 1.807) is 6.20 Å². The molecule has 0 unspecified atom stereocenters. The molecule has 0 spiro atoms. The lowest BCUT2D eigenvalue weighted by atomic mass is 9.87. The van der Waals surface area contributed by atoms with E-state index in [1.807, 2.05) is 33.8 Å². The van der Waals surface area contributed by atoms with Crippen LogP contribution < -0.4 is 21.4 Å². The number of nitrogens with one attached hydrogen (secondary N) is 1. The number of benzene rings is 2. The maximum Gasteiger partial charge on any atom is 0.261 e. The maximum absolute atomic E-state index is 12.4. The summed E-state index contributed by atoms with van der Waals surface area (Å²) in [7, 11) is -2.66. The van der Waals surface area contributed by atoms with E-state index in [0.29, 0.717) is 6.42 Å². The SMILES string of the molecule is C/C=C\C[C@H](C/C=C\NC(=O)[C@@H](N)C(C)(C)C)O[Si](c1ccccc1)(c1ccccc1)C(C)(C)C. The van der Waals surface area contributed by atoms with Gasteiger partial charge in [-0.15, -0.1) is 0 Å². The molecule has 2 aromatic carbocycles. The molecule has 0 aliphatic heterocycles. The molecule has 2 aromatic rings. The highest BCUT2D eigenvalue weighted by Gasteiger charge is 2.51. The number of rotatable bonds is 10. The van der Waals surface area contributed by atoms with E-state index in [1.165, 1.54) is 10.4 Å². The van der Waals surface area contributed by atoms with E-state index in [-0.39, 0.29) is 22.5 Å². The number of hydrogen-bond donors (Lipinski definition) is 2. The molecule has 2 atom stereocenters. The number of allylic oxidation sites excluding steroid dienone is 1. The van der Waals surface area contributed by atoms with Gasteiger partial charge >= 0.3 is 0 Å². The van der Waals surface area contributed by atoms with E-state index in [4.69, 9.17) is 10.2 Å². The van der Waals surface area contributed by atoms with Gasteiger partial charge in [0.2, 0.25) is 5.91 Å². The normalized spacial score (nSPS) is 14.9. The van der Waals surface area contributed by atoms with Gasteiger partial charge in [-0.3, -0.25) is 4.79 Å². The number of hydrogen-bond acceptors (Lipinski definition) is 3. The summed E-state index contributed by atoms with van der Waals surface area (Å²) in [6.45, 7) is 14.8. The first-order valence-electron chi connectivity index (χ1n) is 12.5. The van der Waals surface area contributed by atoms with E-state index >= 15 is 0 Å². The molecule has 0 saturated heterocycles. The van der Waals surface area contributed by atoms with Gasteiger partial charge < -0.3 is 15.5 Å². The molecule has 4 nitrogen and oxygen atoms in total. The minimum absolute atomic E-state index is 0.0399. The highest BCUT2D eigenvalue weighted by molar-refractivity contribution is 6.99. The van der Waals surface area contributed by atoms with Gasteiger partial charge in [-0.1, -0.05) is 120 Å². The van der Waals surface area contributed by atoms with Gasteiger partial charge in [-0.2, -0.15) is 0 Å². The topological polar surface area (TPSA) is 64.4 Å². The van der Waals surface area contributed by atoms with Gasteiger partial charge in [0.05, 0.1) is 12.1 Å². The van der Waals surface area contributed by atoms with Crippen LogP contribution in [0.5, 0.6) is 0 Å². The van der Waals surface area contributed by atoms with Crippen molar-refractivity contribution in [3.63, 3.8) is 0 Å². The summed E-state index contributed by atoms with van der Waals surface area (Å²) in [5.41, 5.74) is 5.79. The Labute approximate surface area is 213 Å². The van der Waals surface area contributed by atoms with Crippen molar-refractivity contribution in [1.29, 1.82) is 0 Å². The number of carbonyl (C=O) groups excluding carboxylic acids is 1. The smallest absolute Gasteiger partial charge is 0.261 e. The fourth-order valence-electron chi connectivity index (χ4n) is 4.27. The van der Waals surface area contributed by atoms with Crippen molar-refractivity contribution in [2.75, 3.05) is 0 Å². The first-order chi connectivity index (χ1) is 16.4. The lowest BCUT2D eigenvalue weighted by Crippen LogP contribution is -2.67. The Hall–Kier alpha value is -2.47. The van der Waals surface area contributed by atoms with Crippen LogP contribution in [0.25, 0.3) is 0 Å². The van der Waals surface area contributed by atoms with Crippen LogP contribution in [0.4, 0.5) is 0 Å². The molecular formula is C30H44N2O2Si. The van der Waals surface area contributed by atoms with Crippen molar-refractivity contribution in [2.45, 2.75) is 78.5 Å². The second-order valence-electron chi connectivity index (χ2n) is 11.2. The van der Waals surface area contributed by atoms with Gasteiger partial charge in [0.25, 0.3) is 8.32 Å². The molecule has 35 heavy (non-hydrogen) atoms. The quantitative estimate of drug-likeness (QED) is 0.350. The molecule has 3 N–H and O–H groups in total. The Bertz CT molecular complexity index is 933. The van der Waals surface area contributed by atoms with Gasteiger partial charge in [0.15, 0.2) is 0 Å². The monoisotopic (exact) mass is 492 g/mol. The highest BCUT2D eigenvalue weighted by atomic mass is 28.4. The third kappa shape index (κ3) is 7.50. The molecule has 2 rings (SSSR count). The van der Waals surface area contributed by atoms with Crippen LogP contribution in [0, 0.1) is 5.41 Å². The molecule has 0 aliphatic rings. The molecule has 0 fully saturated rings. The van der Waals surface area contributed by atoms with Crippen LogP contribution in [0.1, 0.15) is 61.3 Å². The molecule has 1 amide bonds. The van der Waals surface area contributed by atoms with E-state index in [2.05, 4.69) is 98.9 Å². The first-order valence-corrected chi connectivity index (χ1v) is 14.4. The molecule has 0 aromatic heterocycles. The van der Waals surface area contributed by atoms with Crippen molar-refractivity contribution in [1.82, 2.24) is 5.32 Å². The minimum atomic E-state index is -2.66. The summed E-state index contributed by atoms with van der Waals surface area (Å²) in [6, 6.07) is 20.8. The van der Waals surface area contributed by atoms with Crippen molar-refractivity contribution < 1.29 is 9.22 Å². The number of nitrogens with two attached hydrogens (primary N) is 1. The van der Waals surface area contributed by atoms with E-state index < -0.39 is 14.4 Å². The van der Waals surface area contributed by atoms with Gasteiger partial charge in [0, 0.05) is 0 Å². The predicted molar refractivity (Wildman–Crippen MR) is 151 cm³/mol. The summed E-state index contributed by atoms with van der Waals surface area (Å²) < 4.78 is 7.28. The van der Waals surface area contributed by atoms with Crippen molar-refractivity contribution in [2.24, 2.45) is 11.1 Å². The van der Waals surface area contributed by atoms with Crippen LogP contribution in [-0.4, -0.2) is 26.4 Å². The third-order valence-electron chi connectivity index (χ3n) is 6.35. The van der Waals surface area contributed by atoms with Crippen LogP contribution in [0.2, 0.25) is 5.04 Å². The van der Waals surface area contributed by atoms with Crippen LogP contribution >= 0.6 is 0 Å². The fraction of sp³-hybridized carbons (Fsp3) is 0.433. The van der Waals surface area contributed by atoms with Crippen LogP contribution in [-0.2, 0) is 9.22 Å². The zero-order chi connectivity index (χ0) is 26.1.